The Morgan fingerprint density at radius 1 is 1.35 bits per heavy atom. The van der Waals surface area contributed by atoms with Crippen molar-refractivity contribution in [3.05, 3.63) is 35.5 Å². The molecule has 17 heavy (non-hydrogen) atoms. The third kappa shape index (κ3) is 1.98. The van der Waals surface area contributed by atoms with E-state index in [-0.39, 0.29) is 5.54 Å². The Morgan fingerprint density at radius 2 is 2.12 bits per heavy atom. The molecule has 0 atom stereocenters. The molecule has 2 N–H and O–H groups in total. The Hall–Kier alpha value is -1.28. The second kappa shape index (κ2) is 3.61. The minimum atomic E-state index is 0.159. The van der Waals surface area contributed by atoms with Gasteiger partial charge in [0.2, 0.25) is 0 Å². The Labute approximate surface area is 102 Å². The van der Waals surface area contributed by atoms with Gasteiger partial charge in [0.15, 0.2) is 0 Å². The van der Waals surface area contributed by atoms with E-state index in [1.165, 1.54) is 34.9 Å². The molecule has 3 rings (SSSR count). The van der Waals surface area contributed by atoms with Gasteiger partial charge in [-0.15, -0.1) is 0 Å². The average molecular weight is 228 g/mol. The average Bonchev–Trinajstić information content (AvgIpc) is 2.94. The van der Waals surface area contributed by atoms with E-state index in [0.717, 1.165) is 12.8 Å². The van der Waals surface area contributed by atoms with Gasteiger partial charge >= 0.3 is 0 Å². The van der Waals surface area contributed by atoms with Crippen LogP contribution in [0.2, 0.25) is 0 Å². The van der Waals surface area contributed by atoms with E-state index in [2.05, 4.69) is 42.9 Å². The molecule has 0 spiro atoms. The third-order valence-electron chi connectivity index (χ3n) is 4.01. The second-order valence-corrected chi connectivity index (χ2v) is 5.65. The highest BCUT2D eigenvalue weighted by atomic mass is 14.9. The van der Waals surface area contributed by atoms with Gasteiger partial charge in [-0.1, -0.05) is 11.6 Å². The molecule has 0 saturated heterocycles. The number of fused-ring (bicyclic) bond motifs is 1. The van der Waals surface area contributed by atoms with E-state index < -0.39 is 0 Å². The van der Waals surface area contributed by atoms with Crippen LogP contribution >= 0.6 is 0 Å². The molecule has 1 aromatic heterocycles. The molecule has 1 fully saturated rings. The van der Waals surface area contributed by atoms with Crippen LogP contribution in [-0.2, 0) is 13.5 Å². The zero-order valence-corrected chi connectivity index (χ0v) is 10.7. The van der Waals surface area contributed by atoms with Gasteiger partial charge in [-0.2, -0.15) is 0 Å². The maximum atomic E-state index is 6.17. The maximum absolute atomic E-state index is 6.17. The van der Waals surface area contributed by atoms with Crippen LogP contribution in [0.25, 0.3) is 10.9 Å². The smallest absolute Gasteiger partial charge is 0.0480 e. The lowest BCUT2D eigenvalue weighted by molar-refractivity contribution is 0.610. The molecule has 1 saturated carbocycles. The first-order valence-corrected chi connectivity index (χ1v) is 6.41. The van der Waals surface area contributed by atoms with Crippen molar-refractivity contribution < 1.29 is 0 Å². The number of hydrogen-bond donors (Lipinski definition) is 1. The Morgan fingerprint density at radius 3 is 2.82 bits per heavy atom. The number of nitrogens with zero attached hydrogens (tertiary/aromatic N) is 1. The Balaban J connectivity index is 1.95. The van der Waals surface area contributed by atoms with E-state index in [1.807, 2.05) is 0 Å². The number of nitrogens with two attached hydrogens (primary N) is 1. The third-order valence-corrected chi connectivity index (χ3v) is 4.01. The van der Waals surface area contributed by atoms with Crippen molar-refractivity contribution in [2.75, 3.05) is 0 Å². The van der Waals surface area contributed by atoms with Gasteiger partial charge in [0.25, 0.3) is 0 Å². The summed E-state index contributed by atoms with van der Waals surface area (Å²) in [6.07, 6.45) is 6.90. The number of hydrogen-bond acceptors (Lipinski definition) is 1. The number of rotatable bonds is 3. The van der Waals surface area contributed by atoms with Gasteiger partial charge in [0.1, 0.15) is 0 Å². The molecular weight excluding hydrogens is 208 g/mol. The molecule has 0 amide bonds. The van der Waals surface area contributed by atoms with Crippen LogP contribution in [0.3, 0.4) is 0 Å². The molecule has 2 aromatic rings. The monoisotopic (exact) mass is 228 g/mol. The van der Waals surface area contributed by atoms with Gasteiger partial charge in [0, 0.05) is 29.7 Å². The van der Waals surface area contributed by atoms with Crippen molar-refractivity contribution in [3.63, 3.8) is 0 Å². The van der Waals surface area contributed by atoms with Crippen LogP contribution < -0.4 is 5.73 Å². The summed E-state index contributed by atoms with van der Waals surface area (Å²) in [5, 5.41) is 1.40. The molecule has 0 aliphatic heterocycles. The van der Waals surface area contributed by atoms with Crippen molar-refractivity contribution >= 4 is 10.9 Å². The summed E-state index contributed by atoms with van der Waals surface area (Å²) in [7, 11) is 2.12. The van der Waals surface area contributed by atoms with Gasteiger partial charge in [-0.3, -0.25) is 0 Å². The summed E-state index contributed by atoms with van der Waals surface area (Å²) in [5.41, 5.74) is 10.4. The number of aryl methyl sites for hydroxylation is 3. The number of benzene rings is 1. The van der Waals surface area contributed by atoms with Gasteiger partial charge < -0.3 is 10.3 Å². The topological polar surface area (TPSA) is 30.9 Å². The summed E-state index contributed by atoms with van der Waals surface area (Å²) in [4.78, 5) is 0. The van der Waals surface area contributed by atoms with Gasteiger partial charge in [-0.25, -0.2) is 0 Å². The zero-order valence-electron chi connectivity index (χ0n) is 10.7. The summed E-state index contributed by atoms with van der Waals surface area (Å²) < 4.78 is 2.22. The molecule has 1 aliphatic rings. The largest absolute Gasteiger partial charge is 0.350 e. The van der Waals surface area contributed by atoms with Crippen LogP contribution in [-0.4, -0.2) is 10.1 Å². The SMILES string of the molecule is Cc1ccc2c(c1)c(CCC1(N)CC1)cn2C. The first-order chi connectivity index (χ1) is 8.07. The van der Waals surface area contributed by atoms with Crippen molar-refractivity contribution in [1.82, 2.24) is 4.57 Å². The fraction of sp³-hybridized carbons (Fsp3) is 0.467. The molecule has 0 radical (unpaired) electrons. The first kappa shape index (κ1) is 10.8. The minimum absolute atomic E-state index is 0.159. The highest BCUT2D eigenvalue weighted by Gasteiger charge is 2.37. The zero-order chi connectivity index (χ0) is 12.0. The summed E-state index contributed by atoms with van der Waals surface area (Å²) in [6, 6.07) is 6.68. The predicted molar refractivity (Wildman–Crippen MR) is 72.1 cm³/mol. The fourth-order valence-corrected chi connectivity index (χ4v) is 2.58. The molecule has 0 unspecified atom stereocenters. The highest BCUT2D eigenvalue weighted by molar-refractivity contribution is 5.84. The Bertz CT molecular complexity index is 562. The quantitative estimate of drug-likeness (QED) is 0.860. The van der Waals surface area contributed by atoms with Gasteiger partial charge in [0.05, 0.1) is 0 Å². The van der Waals surface area contributed by atoms with Crippen molar-refractivity contribution in [1.29, 1.82) is 0 Å². The molecule has 2 heteroatoms. The fourth-order valence-electron chi connectivity index (χ4n) is 2.58. The van der Waals surface area contributed by atoms with Crippen molar-refractivity contribution in [2.45, 2.75) is 38.1 Å². The lowest BCUT2D eigenvalue weighted by atomic mass is 10.0. The molecule has 2 nitrogen and oxygen atoms in total. The van der Waals surface area contributed by atoms with Crippen LogP contribution in [0.5, 0.6) is 0 Å². The maximum Gasteiger partial charge on any atom is 0.0480 e. The predicted octanol–water partition coefficient (Wildman–Crippen LogP) is 2.91. The molecular formula is C15H20N2. The lowest BCUT2D eigenvalue weighted by Crippen LogP contribution is -2.21. The highest BCUT2D eigenvalue weighted by Crippen LogP contribution is 2.37. The Kier molecular flexibility index (Phi) is 2.30. The standard InChI is InChI=1S/C15H20N2/c1-11-3-4-14-13(9-11)12(10-17(14)2)5-6-15(16)7-8-15/h3-4,9-10H,5-8,16H2,1-2H3. The van der Waals surface area contributed by atoms with E-state index in [1.54, 1.807) is 0 Å². The summed E-state index contributed by atoms with van der Waals surface area (Å²) in [5.74, 6) is 0. The molecule has 1 heterocycles. The van der Waals surface area contributed by atoms with Crippen LogP contribution in [0.1, 0.15) is 30.4 Å². The first-order valence-electron chi connectivity index (χ1n) is 6.41. The van der Waals surface area contributed by atoms with Gasteiger partial charge in [-0.05, 0) is 50.3 Å². The summed E-state index contributed by atoms with van der Waals surface area (Å²) in [6.45, 7) is 2.15. The van der Waals surface area contributed by atoms with E-state index in [0.29, 0.717) is 0 Å². The second-order valence-electron chi connectivity index (χ2n) is 5.65. The van der Waals surface area contributed by atoms with Crippen LogP contribution in [0.15, 0.2) is 24.4 Å². The van der Waals surface area contributed by atoms with Crippen molar-refractivity contribution in [2.24, 2.45) is 12.8 Å². The molecule has 0 bridgehead atoms. The van der Waals surface area contributed by atoms with Crippen LogP contribution in [0.4, 0.5) is 0 Å². The molecule has 90 valence electrons. The summed E-state index contributed by atoms with van der Waals surface area (Å²) >= 11 is 0. The van der Waals surface area contributed by atoms with Crippen LogP contribution in [0, 0.1) is 6.92 Å². The van der Waals surface area contributed by atoms with E-state index >= 15 is 0 Å². The number of aromatic nitrogens is 1. The molecule has 1 aromatic carbocycles. The lowest BCUT2D eigenvalue weighted by Gasteiger charge is -2.07. The minimum Gasteiger partial charge on any atom is -0.350 e. The molecule has 1 aliphatic carbocycles. The van der Waals surface area contributed by atoms with E-state index in [4.69, 9.17) is 5.73 Å². The van der Waals surface area contributed by atoms with E-state index in [9.17, 15) is 0 Å². The van der Waals surface area contributed by atoms with Crippen molar-refractivity contribution in [3.8, 4) is 0 Å². The normalized spacial score (nSPS) is 17.6.